The van der Waals surface area contributed by atoms with Gasteiger partial charge in [0.1, 0.15) is 23.6 Å². The van der Waals surface area contributed by atoms with E-state index in [2.05, 4.69) is 101 Å². The summed E-state index contributed by atoms with van der Waals surface area (Å²) < 4.78 is 0. The van der Waals surface area contributed by atoms with Crippen LogP contribution >= 0.6 is 22.7 Å². The zero-order valence-electron chi connectivity index (χ0n) is 29.5. The molecule has 2 heterocycles. The van der Waals surface area contributed by atoms with Crippen molar-refractivity contribution in [3.63, 3.8) is 0 Å². The lowest BCUT2D eigenvalue weighted by atomic mass is 9.84. The van der Waals surface area contributed by atoms with E-state index in [0.717, 1.165) is 43.1 Å². The Hall–Kier alpha value is -4.78. The standard InChI is InChI=1S/C44H44N2O2S2/c1-43(2,3)35-25-31(37-19-13-21-49-37)23-33(41(35)47)27-45-39(29-15-9-7-10-16-29)40(30-17-11-8-12-18-30)46-28-34-24-32(38-20-14-22-50-38)26-36(42(34)48)44(4,5)6/h7-28,39-40,47-48H,1-6H3/t39-,40-/m0/s1. The van der Waals surface area contributed by atoms with Gasteiger partial charge in [-0.1, -0.05) is 114 Å². The third-order valence-electron chi connectivity index (χ3n) is 8.84. The average Bonchev–Trinajstić information content (AvgIpc) is 3.83. The van der Waals surface area contributed by atoms with Crippen LogP contribution in [0.15, 0.2) is 130 Å². The van der Waals surface area contributed by atoms with E-state index < -0.39 is 12.1 Å². The lowest BCUT2D eigenvalue weighted by molar-refractivity contribution is 0.445. The number of nitrogens with zero attached hydrogens (tertiary/aromatic N) is 2. The van der Waals surface area contributed by atoms with Crippen molar-refractivity contribution in [2.24, 2.45) is 9.98 Å². The Kier molecular flexibility index (Phi) is 10.2. The summed E-state index contributed by atoms with van der Waals surface area (Å²) in [7, 11) is 0. The summed E-state index contributed by atoms with van der Waals surface area (Å²) in [6.07, 6.45) is 3.61. The Labute approximate surface area is 304 Å². The van der Waals surface area contributed by atoms with Crippen molar-refractivity contribution in [1.29, 1.82) is 0 Å². The molecule has 254 valence electrons. The van der Waals surface area contributed by atoms with Gasteiger partial charge in [-0.2, -0.15) is 0 Å². The molecule has 6 heteroatoms. The molecular formula is C44H44N2O2S2. The average molecular weight is 697 g/mol. The monoisotopic (exact) mass is 696 g/mol. The van der Waals surface area contributed by atoms with Crippen LogP contribution in [0.25, 0.3) is 20.9 Å². The molecule has 0 radical (unpaired) electrons. The molecule has 0 unspecified atom stereocenters. The van der Waals surface area contributed by atoms with Gasteiger partial charge in [-0.25, -0.2) is 0 Å². The summed E-state index contributed by atoms with van der Waals surface area (Å²) in [5.41, 5.74) is 6.59. The van der Waals surface area contributed by atoms with Gasteiger partial charge in [0.2, 0.25) is 0 Å². The minimum Gasteiger partial charge on any atom is -0.507 e. The molecule has 0 amide bonds. The molecule has 2 atom stereocenters. The predicted molar refractivity (Wildman–Crippen MR) is 214 cm³/mol. The molecule has 2 aromatic heterocycles. The lowest BCUT2D eigenvalue weighted by Crippen LogP contribution is -2.13. The summed E-state index contributed by atoms with van der Waals surface area (Å²) in [5, 5.41) is 27.4. The Morgan fingerprint density at radius 2 is 0.900 bits per heavy atom. The molecule has 0 fully saturated rings. The zero-order valence-corrected chi connectivity index (χ0v) is 31.1. The number of thiophene rings is 2. The van der Waals surface area contributed by atoms with Gasteiger partial charge >= 0.3 is 0 Å². The van der Waals surface area contributed by atoms with Gasteiger partial charge in [0.05, 0.1) is 0 Å². The fourth-order valence-electron chi connectivity index (χ4n) is 6.15. The van der Waals surface area contributed by atoms with Crippen molar-refractivity contribution >= 4 is 35.1 Å². The number of phenols is 2. The Balaban J connectivity index is 1.50. The van der Waals surface area contributed by atoms with E-state index in [9.17, 15) is 10.2 Å². The second kappa shape index (κ2) is 14.6. The predicted octanol–water partition coefficient (Wildman–Crippen LogP) is 12.2. The highest BCUT2D eigenvalue weighted by molar-refractivity contribution is 7.13. The molecule has 6 aromatic rings. The molecule has 2 N–H and O–H groups in total. The molecule has 0 aliphatic heterocycles. The molecule has 4 nitrogen and oxygen atoms in total. The van der Waals surface area contributed by atoms with Crippen molar-refractivity contribution in [1.82, 2.24) is 0 Å². The zero-order chi connectivity index (χ0) is 35.5. The van der Waals surface area contributed by atoms with E-state index in [0.29, 0.717) is 11.1 Å². The van der Waals surface area contributed by atoms with E-state index in [-0.39, 0.29) is 22.3 Å². The first-order chi connectivity index (χ1) is 23.9. The van der Waals surface area contributed by atoms with Gasteiger partial charge in [0.25, 0.3) is 0 Å². The largest absolute Gasteiger partial charge is 0.507 e. The van der Waals surface area contributed by atoms with Crippen molar-refractivity contribution in [3.8, 4) is 32.4 Å². The third kappa shape index (κ3) is 7.83. The summed E-state index contributed by atoms with van der Waals surface area (Å²) >= 11 is 3.35. The minimum atomic E-state index is -0.428. The number of phenolic OH excluding ortho intramolecular Hbond substituents is 2. The van der Waals surface area contributed by atoms with Gasteiger partial charge in [-0.3, -0.25) is 9.98 Å². The van der Waals surface area contributed by atoms with Crippen molar-refractivity contribution < 1.29 is 10.2 Å². The number of rotatable bonds is 9. The highest BCUT2D eigenvalue weighted by Gasteiger charge is 2.26. The van der Waals surface area contributed by atoms with Crippen molar-refractivity contribution in [2.75, 3.05) is 0 Å². The van der Waals surface area contributed by atoms with Crippen LogP contribution in [0.2, 0.25) is 0 Å². The first-order valence-corrected chi connectivity index (χ1v) is 18.6. The van der Waals surface area contributed by atoms with Crippen LogP contribution in [0.4, 0.5) is 0 Å². The van der Waals surface area contributed by atoms with Crippen LogP contribution < -0.4 is 0 Å². The van der Waals surface area contributed by atoms with Gasteiger partial charge in [-0.05, 0) is 80.2 Å². The maximum Gasteiger partial charge on any atom is 0.128 e. The number of aliphatic imine (C=N–C) groups is 2. The molecule has 0 bridgehead atoms. The Morgan fingerprint density at radius 3 is 1.22 bits per heavy atom. The van der Waals surface area contributed by atoms with Gasteiger partial charge in [0, 0.05) is 44.4 Å². The normalized spacial score (nSPS) is 13.6. The number of aromatic hydroxyl groups is 2. The fraction of sp³-hybridized carbons (Fsp3) is 0.227. The summed E-state index contributed by atoms with van der Waals surface area (Å²) in [4.78, 5) is 12.8. The summed E-state index contributed by atoms with van der Waals surface area (Å²) in [6, 6.07) is 36.0. The third-order valence-corrected chi connectivity index (χ3v) is 10.7. The molecule has 0 aliphatic carbocycles. The lowest BCUT2D eigenvalue weighted by Gasteiger charge is -2.24. The van der Waals surface area contributed by atoms with E-state index in [1.807, 2.05) is 60.7 Å². The molecule has 6 rings (SSSR count). The summed E-state index contributed by atoms with van der Waals surface area (Å²) in [6.45, 7) is 12.7. The van der Waals surface area contributed by atoms with E-state index in [1.165, 1.54) is 0 Å². The number of benzene rings is 4. The minimum absolute atomic E-state index is 0.234. The van der Waals surface area contributed by atoms with Crippen LogP contribution in [0.5, 0.6) is 11.5 Å². The summed E-state index contributed by atoms with van der Waals surface area (Å²) in [5.74, 6) is 0.469. The number of hydrogen-bond donors (Lipinski definition) is 2. The molecule has 0 saturated carbocycles. The molecule has 50 heavy (non-hydrogen) atoms. The van der Waals surface area contributed by atoms with Crippen LogP contribution in [-0.4, -0.2) is 22.6 Å². The van der Waals surface area contributed by atoms with Crippen LogP contribution in [0, 0.1) is 0 Å². The van der Waals surface area contributed by atoms with Crippen LogP contribution in [-0.2, 0) is 10.8 Å². The molecule has 4 aromatic carbocycles. The SMILES string of the molecule is CC(C)(C)c1cc(-c2cccs2)cc(C=N[C@@H](c2ccccc2)[C@@H](N=Cc2cc(-c3cccs3)cc(C(C)(C)C)c2O)c2ccccc2)c1O. The first kappa shape index (κ1) is 35.1. The quantitative estimate of drug-likeness (QED) is 0.148. The fourth-order valence-corrected chi connectivity index (χ4v) is 7.58. The molecule has 0 saturated heterocycles. The smallest absolute Gasteiger partial charge is 0.128 e. The highest BCUT2D eigenvalue weighted by atomic mass is 32.1. The molecule has 0 spiro atoms. The maximum atomic E-state index is 11.6. The second-order valence-electron chi connectivity index (χ2n) is 14.6. The van der Waals surface area contributed by atoms with E-state index in [1.54, 1.807) is 35.1 Å². The Bertz CT molecular complexity index is 1930. The number of hydrogen-bond acceptors (Lipinski definition) is 6. The van der Waals surface area contributed by atoms with E-state index >= 15 is 0 Å². The van der Waals surface area contributed by atoms with Crippen LogP contribution in [0.1, 0.15) is 87.0 Å². The van der Waals surface area contributed by atoms with Crippen LogP contribution in [0.3, 0.4) is 0 Å². The Morgan fingerprint density at radius 1 is 0.520 bits per heavy atom. The van der Waals surface area contributed by atoms with Crippen molar-refractivity contribution in [3.05, 3.63) is 153 Å². The maximum absolute atomic E-state index is 11.6. The molecule has 0 aliphatic rings. The van der Waals surface area contributed by atoms with Gasteiger partial charge < -0.3 is 10.2 Å². The molecular weight excluding hydrogens is 653 g/mol. The van der Waals surface area contributed by atoms with Crippen molar-refractivity contribution in [2.45, 2.75) is 64.5 Å². The van der Waals surface area contributed by atoms with Gasteiger partial charge in [0.15, 0.2) is 0 Å². The van der Waals surface area contributed by atoms with E-state index in [4.69, 9.17) is 9.98 Å². The second-order valence-corrected chi connectivity index (χ2v) is 16.5. The topological polar surface area (TPSA) is 65.2 Å². The first-order valence-electron chi connectivity index (χ1n) is 16.9. The van der Waals surface area contributed by atoms with Gasteiger partial charge in [-0.15, -0.1) is 22.7 Å². The highest BCUT2D eigenvalue weighted by Crippen LogP contribution is 2.41.